The first-order valence-electron chi connectivity index (χ1n) is 12.0. The van der Waals surface area contributed by atoms with E-state index in [0.29, 0.717) is 30.5 Å². The number of imide groups is 1. The second-order valence-corrected chi connectivity index (χ2v) is 9.48. The minimum atomic E-state index is -0.600. The van der Waals surface area contributed by atoms with Gasteiger partial charge in [0, 0.05) is 36.2 Å². The minimum absolute atomic E-state index is 0.0107. The number of pyridine rings is 1. The van der Waals surface area contributed by atoms with Crippen molar-refractivity contribution in [1.82, 2.24) is 30.3 Å². The molecule has 0 aliphatic carbocycles. The first-order chi connectivity index (χ1) is 17.4. The fourth-order valence-electron chi connectivity index (χ4n) is 5.09. The summed E-state index contributed by atoms with van der Waals surface area (Å²) in [5.41, 5.74) is 9.16. The second-order valence-electron chi connectivity index (χ2n) is 9.48. The van der Waals surface area contributed by atoms with Crippen LogP contribution in [0, 0.1) is 5.82 Å². The summed E-state index contributed by atoms with van der Waals surface area (Å²) in [5, 5.41) is 9.36. The van der Waals surface area contributed by atoms with Crippen LogP contribution >= 0.6 is 0 Å². The van der Waals surface area contributed by atoms with Crippen molar-refractivity contribution in [2.24, 2.45) is 0 Å². The van der Waals surface area contributed by atoms with E-state index in [1.54, 1.807) is 24.1 Å². The maximum atomic E-state index is 16.0. The number of rotatable bonds is 7. The van der Waals surface area contributed by atoms with Gasteiger partial charge in [-0.2, -0.15) is 5.10 Å². The molecule has 2 aliphatic heterocycles. The van der Waals surface area contributed by atoms with Gasteiger partial charge in [-0.05, 0) is 57.1 Å². The number of halogens is 1. The number of benzene rings is 1. The number of anilines is 1. The van der Waals surface area contributed by atoms with Gasteiger partial charge in [0.05, 0.1) is 17.3 Å². The normalized spacial score (nSPS) is 18.8. The third-order valence-electron chi connectivity index (χ3n) is 7.06. The van der Waals surface area contributed by atoms with Gasteiger partial charge in [-0.25, -0.2) is 9.37 Å². The van der Waals surface area contributed by atoms with Gasteiger partial charge in [-0.1, -0.05) is 6.07 Å². The number of H-pyrrole nitrogens is 1. The first-order valence-corrected chi connectivity index (χ1v) is 12.0. The Morgan fingerprint density at radius 2 is 2.06 bits per heavy atom. The van der Waals surface area contributed by atoms with E-state index in [4.69, 9.17) is 5.73 Å². The summed E-state index contributed by atoms with van der Waals surface area (Å²) in [6, 6.07) is 4.34. The molecule has 0 saturated carbocycles. The number of aromatic nitrogens is 3. The van der Waals surface area contributed by atoms with E-state index >= 15 is 4.39 Å². The van der Waals surface area contributed by atoms with E-state index in [2.05, 4.69) is 25.4 Å². The van der Waals surface area contributed by atoms with Gasteiger partial charge in [0.25, 0.3) is 0 Å². The SMILES string of the molecule is CN(Cc1c(C=O)ccc(-c2cc(CN3CCCC3)c3[nH]nc(N)c3n2)c1F)C1CCC(=O)NC1=O. The van der Waals surface area contributed by atoms with E-state index in [-0.39, 0.29) is 41.4 Å². The smallest absolute Gasteiger partial charge is 0.243 e. The molecule has 1 unspecified atom stereocenters. The van der Waals surface area contributed by atoms with E-state index in [1.165, 1.54) is 0 Å². The van der Waals surface area contributed by atoms with Gasteiger partial charge in [0.15, 0.2) is 5.82 Å². The highest BCUT2D eigenvalue weighted by atomic mass is 19.1. The van der Waals surface area contributed by atoms with Crippen LogP contribution in [0.2, 0.25) is 0 Å². The van der Waals surface area contributed by atoms with Gasteiger partial charge < -0.3 is 5.73 Å². The molecular weight excluding hydrogens is 465 g/mol. The quantitative estimate of drug-likeness (QED) is 0.336. The molecule has 2 saturated heterocycles. The maximum Gasteiger partial charge on any atom is 0.243 e. The number of nitrogens with two attached hydrogens (primary N) is 1. The standard InChI is InChI=1S/C25H28FN7O3/c1-32(19-6-7-20(35)29-25(19)36)12-17-14(13-34)4-5-16(21(17)26)18-10-15(11-33-8-2-3-9-33)22-23(28-18)24(27)31-30-22/h4-5,10,13,19H,2-3,6-9,11-12H2,1H3,(H3,27,30,31)(H,29,35,36). The number of nitrogen functional groups attached to an aromatic ring is 1. The number of aromatic amines is 1. The van der Waals surface area contributed by atoms with Crippen molar-refractivity contribution in [2.75, 3.05) is 25.9 Å². The predicted octanol–water partition coefficient (Wildman–Crippen LogP) is 1.99. The molecule has 188 valence electrons. The molecule has 5 rings (SSSR count). The van der Waals surface area contributed by atoms with E-state index in [9.17, 15) is 14.4 Å². The Bertz CT molecular complexity index is 1350. The van der Waals surface area contributed by atoms with E-state index in [0.717, 1.165) is 37.0 Å². The van der Waals surface area contributed by atoms with Gasteiger partial charge in [0.2, 0.25) is 11.8 Å². The lowest BCUT2D eigenvalue weighted by molar-refractivity contribution is -0.137. The zero-order valence-corrected chi connectivity index (χ0v) is 20.0. The molecule has 2 aromatic heterocycles. The number of nitrogens with one attached hydrogen (secondary N) is 2. The Hall–Kier alpha value is -3.70. The third-order valence-corrected chi connectivity index (χ3v) is 7.06. The highest BCUT2D eigenvalue weighted by molar-refractivity contribution is 6.00. The van der Waals surface area contributed by atoms with Crippen molar-refractivity contribution in [1.29, 1.82) is 0 Å². The number of carbonyl (C=O) groups is 3. The van der Waals surface area contributed by atoms with Crippen molar-refractivity contribution in [3.8, 4) is 11.3 Å². The molecule has 1 atom stereocenters. The number of likely N-dealkylation sites (tertiary alicyclic amines) is 1. The van der Waals surface area contributed by atoms with Crippen LogP contribution in [0.5, 0.6) is 0 Å². The molecule has 0 radical (unpaired) electrons. The molecule has 36 heavy (non-hydrogen) atoms. The largest absolute Gasteiger partial charge is 0.380 e. The molecule has 2 fully saturated rings. The van der Waals surface area contributed by atoms with Gasteiger partial charge in [-0.15, -0.1) is 0 Å². The van der Waals surface area contributed by atoms with Crippen LogP contribution in [0.3, 0.4) is 0 Å². The lowest BCUT2D eigenvalue weighted by Crippen LogP contribution is -2.51. The topological polar surface area (TPSA) is 137 Å². The van der Waals surface area contributed by atoms with Crippen LogP contribution in [0.15, 0.2) is 18.2 Å². The molecule has 2 amide bonds. The molecule has 2 aliphatic rings. The molecule has 4 N–H and O–H groups in total. The van der Waals surface area contributed by atoms with Crippen LogP contribution in [-0.2, 0) is 22.7 Å². The van der Waals surface area contributed by atoms with Gasteiger partial charge in [0.1, 0.15) is 17.6 Å². The Morgan fingerprint density at radius 3 is 2.78 bits per heavy atom. The highest BCUT2D eigenvalue weighted by Crippen LogP contribution is 2.32. The lowest BCUT2D eigenvalue weighted by atomic mass is 9.98. The van der Waals surface area contributed by atoms with Crippen LogP contribution < -0.4 is 11.1 Å². The van der Waals surface area contributed by atoms with Crippen molar-refractivity contribution in [3.05, 3.63) is 40.7 Å². The van der Waals surface area contributed by atoms with Crippen LogP contribution in [-0.4, -0.2) is 69.3 Å². The van der Waals surface area contributed by atoms with Crippen LogP contribution in [0.1, 0.15) is 47.2 Å². The zero-order valence-electron chi connectivity index (χ0n) is 20.0. The lowest BCUT2D eigenvalue weighted by Gasteiger charge is -2.30. The highest BCUT2D eigenvalue weighted by Gasteiger charge is 2.31. The number of aldehydes is 1. The fourth-order valence-corrected chi connectivity index (χ4v) is 5.09. The Labute approximate surface area is 207 Å². The third kappa shape index (κ3) is 4.47. The molecular formula is C25H28FN7O3. The number of hydrogen-bond donors (Lipinski definition) is 3. The van der Waals surface area contributed by atoms with E-state index in [1.807, 2.05) is 6.07 Å². The first kappa shape index (κ1) is 24.0. The Morgan fingerprint density at radius 1 is 1.28 bits per heavy atom. The average Bonchev–Trinajstić information content (AvgIpc) is 3.50. The van der Waals surface area contributed by atoms with Crippen molar-refractivity contribution in [2.45, 2.75) is 44.8 Å². The summed E-state index contributed by atoms with van der Waals surface area (Å²) < 4.78 is 16.0. The number of hydrogen-bond acceptors (Lipinski definition) is 8. The number of carbonyl (C=O) groups excluding carboxylic acids is 3. The zero-order chi connectivity index (χ0) is 25.4. The minimum Gasteiger partial charge on any atom is -0.380 e. The molecule has 0 bridgehead atoms. The monoisotopic (exact) mass is 493 g/mol. The fraction of sp³-hybridized carbons (Fsp3) is 0.400. The summed E-state index contributed by atoms with van der Waals surface area (Å²) in [7, 11) is 1.67. The van der Waals surface area contributed by atoms with Crippen LogP contribution in [0.4, 0.5) is 10.2 Å². The van der Waals surface area contributed by atoms with E-state index < -0.39 is 17.8 Å². The second kappa shape index (κ2) is 9.75. The molecule has 4 heterocycles. The number of piperidine rings is 1. The molecule has 3 aromatic rings. The maximum absolute atomic E-state index is 16.0. The summed E-state index contributed by atoms with van der Waals surface area (Å²) in [6.07, 6.45) is 3.41. The van der Waals surface area contributed by atoms with Crippen molar-refractivity contribution < 1.29 is 18.8 Å². The predicted molar refractivity (Wildman–Crippen MR) is 131 cm³/mol. The average molecular weight is 494 g/mol. The number of fused-ring (bicyclic) bond motifs is 1. The summed E-state index contributed by atoms with van der Waals surface area (Å²) in [5.74, 6) is -1.10. The summed E-state index contributed by atoms with van der Waals surface area (Å²) >= 11 is 0. The summed E-state index contributed by atoms with van der Waals surface area (Å²) in [4.78, 5) is 44.2. The number of amides is 2. The molecule has 10 nitrogen and oxygen atoms in total. The molecule has 11 heteroatoms. The molecule has 0 spiro atoms. The van der Waals surface area contributed by atoms with Crippen molar-refractivity contribution in [3.63, 3.8) is 0 Å². The Kier molecular flexibility index (Phi) is 6.50. The van der Waals surface area contributed by atoms with Gasteiger partial charge >= 0.3 is 0 Å². The van der Waals surface area contributed by atoms with Crippen molar-refractivity contribution >= 4 is 35.0 Å². The number of nitrogens with zero attached hydrogens (tertiary/aromatic N) is 4. The van der Waals surface area contributed by atoms with Gasteiger partial charge in [-0.3, -0.25) is 34.6 Å². The summed E-state index contributed by atoms with van der Waals surface area (Å²) in [6.45, 7) is 2.65. The molecule has 1 aromatic carbocycles. The Balaban J connectivity index is 1.53. The number of likely N-dealkylation sites (N-methyl/N-ethyl adjacent to an activating group) is 1. The van der Waals surface area contributed by atoms with Crippen LogP contribution in [0.25, 0.3) is 22.3 Å².